The van der Waals surface area contributed by atoms with Crippen LogP contribution in [-0.4, -0.2) is 44.6 Å². The monoisotopic (exact) mass is 244 g/mol. The number of rotatable bonds is 6. The molecule has 0 heterocycles. The van der Waals surface area contributed by atoms with Crippen LogP contribution >= 0.6 is 0 Å². The van der Waals surface area contributed by atoms with Crippen molar-refractivity contribution < 1.29 is 49.9 Å². The average Bonchev–Trinajstić information content (AvgIpc) is 2.27. The molecule has 8 N–H and O–H groups in total. The van der Waals surface area contributed by atoms with Crippen molar-refractivity contribution in [3.63, 3.8) is 0 Å². The van der Waals surface area contributed by atoms with Gasteiger partial charge in [-0.25, -0.2) is 25.4 Å². The summed E-state index contributed by atoms with van der Waals surface area (Å²) in [5.74, 6) is -10.7. The van der Waals surface area contributed by atoms with Crippen molar-refractivity contribution in [1.29, 1.82) is 0 Å². The maximum atomic E-state index is 11.0. The van der Waals surface area contributed by atoms with Crippen molar-refractivity contribution in [2.24, 2.45) is 11.5 Å². The van der Waals surface area contributed by atoms with E-state index in [1.807, 2.05) is 0 Å². The smallest absolute Gasteiger partial charge is 0.399 e. The van der Waals surface area contributed by atoms with Crippen molar-refractivity contribution in [3.8, 4) is 0 Å². The van der Waals surface area contributed by atoms with Gasteiger partial charge in [0, 0.05) is 0 Å². The molecule has 0 spiro atoms. The van der Waals surface area contributed by atoms with Gasteiger partial charge in [0.1, 0.15) is 0 Å². The van der Waals surface area contributed by atoms with E-state index in [0.29, 0.717) is 0 Å². The van der Waals surface area contributed by atoms with Crippen LogP contribution in [-0.2, 0) is 29.0 Å². The quantitative estimate of drug-likeness (QED) is 0.122. The lowest BCUT2D eigenvalue weighted by atomic mass is 10.4. The Balaban J connectivity index is 4.85. The van der Waals surface area contributed by atoms with Gasteiger partial charge in [0.15, 0.2) is 0 Å². The average molecular weight is 244 g/mol. The zero-order chi connectivity index (χ0) is 13.0. The van der Waals surface area contributed by atoms with E-state index in [1.54, 1.807) is 0 Å². The number of carboxylic acids is 1. The summed E-state index contributed by atoms with van der Waals surface area (Å²) in [5, 5.41) is 32.6. The highest BCUT2D eigenvalue weighted by Crippen LogP contribution is 2.12. The summed E-state index contributed by atoms with van der Waals surface area (Å²) in [5.41, 5.74) is 9.40. The molecular formula is C4H8N2O10. The van der Waals surface area contributed by atoms with E-state index < -0.39 is 23.8 Å². The molecule has 1 unspecified atom stereocenters. The number of nitrogens with two attached hydrogens (primary N) is 2. The van der Waals surface area contributed by atoms with Crippen LogP contribution in [0.2, 0.25) is 0 Å². The lowest BCUT2D eigenvalue weighted by molar-refractivity contribution is -0.475. The second-order valence-electron chi connectivity index (χ2n) is 2.30. The van der Waals surface area contributed by atoms with Crippen LogP contribution < -0.4 is 11.5 Å². The van der Waals surface area contributed by atoms with Gasteiger partial charge in [0.05, 0.1) is 0 Å². The fourth-order valence-electron chi connectivity index (χ4n) is 0.401. The van der Waals surface area contributed by atoms with Crippen LogP contribution in [0.25, 0.3) is 0 Å². The van der Waals surface area contributed by atoms with E-state index in [0.717, 1.165) is 0 Å². The minimum absolute atomic E-state index is 2.00. The Labute approximate surface area is 86.3 Å². The van der Waals surface area contributed by atoms with E-state index in [1.165, 1.54) is 0 Å². The topological polar surface area (TPSA) is 204 Å². The van der Waals surface area contributed by atoms with Crippen LogP contribution in [0, 0.1) is 0 Å². The van der Waals surface area contributed by atoms with E-state index in [-0.39, 0.29) is 0 Å². The number of aliphatic carboxylic acids is 1. The minimum atomic E-state index is -3.32. The molecular weight excluding hydrogens is 236 g/mol. The van der Waals surface area contributed by atoms with Crippen LogP contribution in [0.4, 0.5) is 0 Å². The molecule has 0 aromatic heterocycles. The van der Waals surface area contributed by atoms with Gasteiger partial charge in [0.25, 0.3) is 0 Å². The van der Waals surface area contributed by atoms with Gasteiger partial charge >= 0.3 is 23.8 Å². The predicted molar refractivity (Wildman–Crippen MR) is 38.7 cm³/mol. The van der Waals surface area contributed by atoms with Gasteiger partial charge in [0.2, 0.25) is 0 Å². The summed E-state index contributed by atoms with van der Waals surface area (Å²) < 4.78 is 3.77. The molecule has 12 nitrogen and oxygen atoms in total. The number of hydrogen-bond acceptors (Lipinski definition) is 11. The fourth-order valence-corrected chi connectivity index (χ4v) is 0.401. The summed E-state index contributed by atoms with van der Waals surface area (Å²) >= 11 is 0. The number of carboxylic acid groups (broad SMARTS) is 1. The molecule has 0 aliphatic carbocycles. The normalized spacial score (nSPS) is 15.3. The summed E-state index contributed by atoms with van der Waals surface area (Å²) in [7, 11) is 0. The molecule has 0 amide bonds. The Morgan fingerprint density at radius 2 is 1.31 bits per heavy atom. The van der Waals surface area contributed by atoms with Crippen LogP contribution in [0.1, 0.15) is 0 Å². The molecule has 0 aliphatic rings. The first-order valence-corrected chi connectivity index (χ1v) is 3.28. The van der Waals surface area contributed by atoms with Crippen molar-refractivity contribution in [2.75, 3.05) is 0 Å². The second kappa shape index (κ2) is 5.10. The molecule has 16 heavy (non-hydrogen) atoms. The number of carbonyl (C=O) groups excluding carboxylic acids is 1. The first-order chi connectivity index (χ1) is 7.25. The Bertz CT molecular complexity index is 276. The van der Waals surface area contributed by atoms with Crippen LogP contribution in [0.3, 0.4) is 0 Å². The molecule has 0 radical (unpaired) electrons. The van der Waals surface area contributed by atoms with Crippen molar-refractivity contribution in [3.05, 3.63) is 0 Å². The predicted octanol–water partition coefficient (Wildman–Crippen LogP) is -2.69. The first-order valence-electron chi connectivity index (χ1n) is 3.28. The number of hydrogen-bond donors (Lipinski definition) is 6. The summed E-state index contributed by atoms with van der Waals surface area (Å²) in [6.07, 6.45) is 0. The zero-order valence-corrected chi connectivity index (χ0v) is 7.39. The SMILES string of the molecule is NC(OO)(OC(=O)C(N)(OO)OO)C(=O)O. The third-order valence-electron chi connectivity index (χ3n) is 1.23. The maximum absolute atomic E-state index is 11.0. The molecule has 0 aromatic carbocycles. The van der Waals surface area contributed by atoms with E-state index >= 15 is 0 Å². The van der Waals surface area contributed by atoms with E-state index in [2.05, 4.69) is 19.4 Å². The molecule has 1 atom stereocenters. The molecule has 0 aromatic rings. The highest BCUT2D eigenvalue weighted by molar-refractivity contribution is 5.82. The summed E-state index contributed by atoms with van der Waals surface area (Å²) in [4.78, 5) is 30.8. The molecule has 94 valence electrons. The summed E-state index contributed by atoms with van der Waals surface area (Å²) in [6, 6.07) is 0. The third kappa shape index (κ3) is 2.81. The van der Waals surface area contributed by atoms with Crippen LogP contribution in [0.15, 0.2) is 0 Å². The van der Waals surface area contributed by atoms with Gasteiger partial charge in [-0.3, -0.25) is 11.5 Å². The standard InChI is InChI=1S/C4H8N2O10/c5-3(14-10,1(7)8)13-2(9)4(6,15-11)16-12/h10-12H,5-6H2,(H,7,8). The van der Waals surface area contributed by atoms with Gasteiger partial charge in [-0.1, -0.05) is 0 Å². The fraction of sp³-hybridized carbons (Fsp3) is 0.500. The first kappa shape index (κ1) is 14.6. The number of ether oxygens (including phenoxy) is 1. The van der Waals surface area contributed by atoms with Crippen molar-refractivity contribution in [2.45, 2.75) is 11.8 Å². The Morgan fingerprint density at radius 1 is 0.938 bits per heavy atom. The third-order valence-corrected chi connectivity index (χ3v) is 1.23. The molecule has 0 saturated heterocycles. The van der Waals surface area contributed by atoms with Gasteiger partial charge in [-0.15, -0.1) is 0 Å². The zero-order valence-electron chi connectivity index (χ0n) is 7.39. The highest BCUT2D eigenvalue weighted by Gasteiger charge is 2.49. The number of carbonyl (C=O) groups is 2. The van der Waals surface area contributed by atoms with Gasteiger partial charge in [-0.2, -0.15) is 14.7 Å². The van der Waals surface area contributed by atoms with Crippen molar-refractivity contribution >= 4 is 11.9 Å². The lowest BCUT2D eigenvalue weighted by Crippen LogP contribution is -2.60. The largest absolute Gasteiger partial charge is 0.475 e. The Hall–Kier alpha value is -1.38. The molecule has 0 bridgehead atoms. The van der Waals surface area contributed by atoms with Crippen LogP contribution in [0.5, 0.6) is 0 Å². The minimum Gasteiger partial charge on any atom is -0.475 e. The number of esters is 1. The Kier molecular flexibility index (Phi) is 4.66. The lowest BCUT2D eigenvalue weighted by Gasteiger charge is -2.25. The van der Waals surface area contributed by atoms with E-state index in [9.17, 15) is 9.59 Å². The molecule has 0 rings (SSSR count). The molecule has 12 heteroatoms. The second-order valence-corrected chi connectivity index (χ2v) is 2.30. The molecule has 0 aliphatic heterocycles. The Morgan fingerprint density at radius 3 is 1.56 bits per heavy atom. The van der Waals surface area contributed by atoms with Crippen molar-refractivity contribution in [1.82, 2.24) is 0 Å². The maximum Gasteiger partial charge on any atom is 0.399 e. The van der Waals surface area contributed by atoms with Gasteiger partial charge in [-0.05, 0) is 0 Å². The molecule has 0 saturated carbocycles. The molecule has 0 fully saturated rings. The van der Waals surface area contributed by atoms with E-state index in [4.69, 9.17) is 32.3 Å². The summed E-state index contributed by atoms with van der Waals surface area (Å²) in [6.45, 7) is 0. The highest BCUT2D eigenvalue weighted by atomic mass is 17.2. The van der Waals surface area contributed by atoms with Gasteiger partial charge < -0.3 is 9.84 Å².